The van der Waals surface area contributed by atoms with Gasteiger partial charge in [0.2, 0.25) is 0 Å². The largest absolute Gasteiger partial charge is 0.482 e. The van der Waals surface area contributed by atoms with Crippen LogP contribution in [0.4, 0.5) is 0 Å². The Balaban J connectivity index is 1.48. The van der Waals surface area contributed by atoms with Crippen LogP contribution in [0.1, 0.15) is 17.2 Å². The van der Waals surface area contributed by atoms with E-state index in [0.717, 1.165) is 43.2 Å². The number of benzene rings is 2. The summed E-state index contributed by atoms with van der Waals surface area (Å²) in [6.45, 7) is 3.40. The van der Waals surface area contributed by atoms with Crippen molar-refractivity contribution in [1.82, 2.24) is 4.90 Å². The van der Waals surface area contributed by atoms with E-state index in [1.807, 2.05) is 42.5 Å². The van der Waals surface area contributed by atoms with E-state index in [1.165, 1.54) is 12.7 Å². The van der Waals surface area contributed by atoms with Crippen molar-refractivity contribution in [3.8, 4) is 5.75 Å². The van der Waals surface area contributed by atoms with Gasteiger partial charge in [-0.15, -0.1) is 0 Å². The van der Waals surface area contributed by atoms with Crippen LogP contribution < -0.4 is 4.74 Å². The van der Waals surface area contributed by atoms with Crippen LogP contribution in [-0.2, 0) is 20.7 Å². The van der Waals surface area contributed by atoms with E-state index in [-0.39, 0.29) is 18.7 Å². The molecule has 5 nitrogen and oxygen atoms in total. The standard InChI is InChI=1S/C21H24ClNO4/c1-25-21(24)15-27-19-7-5-16(6-8-19)9-10-23-11-12-26-20(14-23)17-3-2-4-18(22)13-17/h2-8,13,20H,9-12,14-15H2,1H3. The summed E-state index contributed by atoms with van der Waals surface area (Å²) in [5.41, 5.74) is 2.35. The van der Waals surface area contributed by atoms with Gasteiger partial charge in [0, 0.05) is 24.7 Å². The summed E-state index contributed by atoms with van der Waals surface area (Å²) in [6.07, 6.45) is 1.01. The number of nitrogens with zero attached hydrogens (tertiary/aromatic N) is 1. The fourth-order valence-corrected chi connectivity index (χ4v) is 3.25. The molecule has 0 N–H and O–H groups in total. The highest BCUT2D eigenvalue weighted by atomic mass is 35.5. The fourth-order valence-electron chi connectivity index (χ4n) is 3.05. The molecule has 27 heavy (non-hydrogen) atoms. The summed E-state index contributed by atoms with van der Waals surface area (Å²) in [6, 6.07) is 15.7. The first-order valence-corrected chi connectivity index (χ1v) is 9.40. The zero-order valence-electron chi connectivity index (χ0n) is 15.4. The van der Waals surface area contributed by atoms with Gasteiger partial charge in [-0.25, -0.2) is 4.79 Å². The molecule has 1 heterocycles. The molecular formula is C21H24ClNO4. The van der Waals surface area contributed by atoms with Gasteiger partial charge in [0.15, 0.2) is 6.61 Å². The van der Waals surface area contributed by atoms with Crippen LogP contribution in [0.3, 0.4) is 0 Å². The van der Waals surface area contributed by atoms with E-state index in [0.29, 0.717) is 5.75 Å². The Hall–Kier alpha value is -2.08. The molecule has 6 heteroatoms. The third-order valence-electron chi connectivity index (χ3n) is 4.60. The van der Waals surface area contributed by atoms with Crippen molar-refractivity contribution >= 4 is 17.6 Å². The summed E-state index contributed by atoms with van der Waals surface area (Å²) < 4.78 is 15.8. The first-order valence-electron chi connectivity index (χ1n) is 9.02. The second kappa shape index (κ2) is 9.74. The van der Waals surface area contributed by atoms with Gasteiger partial charge in [0.1, 0.15) is 5.75 Å². The molecule has 2 aromatic rings. The highest BCUT2D eigenvalue weighted by molar-refractivity contribution is 6.30. The van der Waals surface area contributed by atoms with Crippen molar-refractivity contribution in [2.24, 2.45) is 0 Å². The lowest BCUT2D eigenvalue weighted by atomic mass is 10.1. The van der Waals surface area contributed by atoms with E-state index in [4.69, 9.17) is 21.1 Å². The van der Waals surface area contributed by atoms with E-state index >= 15 is 0 Å². The zero-order valence-corrected chi connectivity index (χ0v) is 16.2. The summed E-state index contributed by atoms with van der Waals surface area (Å²) in [5.74, 6) is 0.275. The van der Waals surface area contributed by atoms with Gasteiger partial charge in [-0.3, -0.25) is 4.90 Å². The van der Waals surface area contributed by atoms with Crippen LogP contribution in [0, 0.1) is 0 Å². The first kappa shape index (κ1) is 19.7. The van der Waals surface area contributed by atoms with E-state index in [1.54, 1.807) is 0 Å². The molecule has 0 spiro atoms. The van der Waals surface area contributed by atoms with Crippen molar-refractivity contribution in [3.63, 3.8) is 0 Å². The molecule has 1 unspecified atom stereocenters. The smallest absolute Gasteiger partial charge is 0.343 e. The lowest BCUT2D eigenvalue weighted by molar-refractivity contribution is -0.142. The number of carbonyl (C=O) groups is 1. The van der Waals surface area contributed by atoms with Gasteiger partial charge < -0.3 is 14.2 Å². The maximum Gasteiger partial charge on any atom is 0.343 e. The second-order valence-electron chi connectivity index (χ2n) is 6.47. The lowest BCUT2D eigenvalue weighted by Crippen LogP contribution is -2.39. The average molecular weight is 390 g/mol. The van der Waals surface area contributed by atoms with Crippen molar-refractivity contribution in [2.45, 2.75) is 12.5 Å². The van der Waals surface area contributed by atoms with E-state index < -0.39 is 0 Å². The maximum absolute atomic E-state index is 11.1. The Morgan fingerprint density at radius 1 is 1.26 bits per heavy atom. The molecular weight excluding hydrogens is 366 g/mol. The van der Waals surface area contributed by atoms with Crippen LogP contribution >= 0.6 is 11.6 Å². The summed E-state index contributed by atoms with van der Waals surface area (Å²) in [7, 11) is 1.34. The Labute approximate surface area is 164 Å². The van der Waals surface area contributed by atoms with Gasteiger partial charge in [-0.1, -0.05) is 35.9 Å². The normalized spacial score (nSPS) is 17.5. The van der Waals surface area contributed by atoms with Crippen molar-refractivity contribution in [3.05, 3.63) is 64.7 Å². The van der Waals surface area contributed by atoms with Crippen molar-refractivity contribution in [2.75, 3.05) is 40.0 Å². The SMILES string of the molecule is COC(=O)COc1ccc(CCN2CCOC(c3cccc(Cl)c3)C2)cc1. The minimum absolute atomic E-state index is 0.0616. The lowest BCUT2D eigenvalue weighted by Gasteiger charge is -2.33. The Morgan fingerprint density at radius 2 is 2.07 bits per heavy atom. The first-order chi connectivity index (χ1) is 13.1. The van der Waals surface area contributed by atoms with Crippen molar-refractivity contribution < 1.29 is 19.0 Å². The minimum atomic E-state index is -0.388. The molecule has 1 fully saturated rings. The molecule has 3 rings (SSSR count). The number of hydrogen-bond acceptors (Lipinski definition) is 5. The molecule has 0 radical (unpaired) electrons. The number of carbonyl (C=O) groups excluding carboxylic acids is 1. The highest BCUT2D eigenvalue weighted by Gasteiger charge is 2.21. The van der Waals surface area contributed by atoms with Gasteiger partial charge in [-0.2, -0.15) is 0 Å². The molecule has 0 amide bonds. The van der Waals surface area contributed by atoms with Crippen molar-refractivity contribution in [1.29, 1.82) is 0 Å². The van der Waals surface area contributed by atoms with Crippen LogP contribution in [0.25, 0.3) is 0 Å². The Kier molecular flexibility index (Phi) is 7.10. The van der Waals surface area contributed by atoms with Crippen LogP contribution in [-0.4, -0.2) is 50.8 Å². The maximum atomic E-state index is 11.1. The monoisotopic (exact) mass is 389 g/mol. The number of halogens is 1. The molecule has 1 atom stereocenters. The molecule has 1 aliphatic rings. The van der Waals surface area contributed by atoms with Gasteiger partial charge in [0.25, 0.3) is 0 Å². The molecule has 0 bridgehead atoms. The summed E-state index contributed by atoms with van der Waals surface area (Å²) in [5, 5.41) is 0.739. The van der Waals surface area contributed by atoms with Gasteiger partial charge in [-0.05, 0) is 41.8 Å². The average Bonchev–Trinajstić information content (AvgIpc) is 2.71. The number of hydrogen-bond donors (Lipinski definition) is 0. The predicted octanol–water partition coefficient (Wildman–Crippen LogP) is 3.51. The summed E-state index contributed by atoms with van der Waals surface area (Å²) in [4.78, 5) is 13.5. The topological polar surface area (TPSA) is 48.0 Å². The number of methoxy groups -OCH3 is 1. The zero-order chi connectivity index (χ0) is 19.1. The molecule has 1 saturated heterocycles. The Morgan fingerprint density at radius 3 is 2.81 bits per heavy atom. The quantitative estimate of drug-likeness (QED) is 0.678. The van der Waals surface area contributed by atoms with Crippen LogP contribution in [0.2, 0.25) is 5.02 Å². The Bertz CT molecular complexity index is 750. The van der Waals surface area contributed by atoms with Gasteiger partial charge >= 0.3 is 5.97 Å². The highest BCUT2D eigenvalue weighted by Crippen LogP contribution is 2.24. The van der Waals surface area contributed by atoms with Crippen LogP contribution in [0.5, 0.6) is 5.75 Å². The molecule has 2 aromatic carbocycles. The molecule has 0 aromatic heterocycles. The van der Waals surface area contributed by atoms with E-state index in [2.05, 4.69) is 15.7 Å². The third kappa shape index (κ3) is 5.96. The second-order valence-corrected chi connectivity index (χ2v) is 6.91. The molecule has 144 valence electrons. The third-order valence-corrected chi connectivity index (χ3v) is 4.83. The minimum Gasteiger partial charge on any atom is -0.482 e. The number of esters is 1. The fraction of sp³-hybridized carbons (Fsp3) is 0.381. The summed E-state index contributed by atoms with van der Waals surface area (Å²) >= 11 is 6.10. The van der Waals surface area contributed by atoms with E-state index in [9.17, 15) is 4.79 Å². The number of rotatable bonds is 7. The van der Waals surface area contributed by atoms with Gasteiger partial charge in [0.05, 0.1) is 19.8 Å². The predicted molar refractivity (Wildman–Crippen MR) is 104 cm³/mol. The molecule has 1 aliphatic heterocycles. The molecule has 0 saturated carbocycles. The number of ether oxygens (including phenoxy) is 3. The number of morpholine rings is 1. The van der Waals surface area contributed by atoms with Crippen LogP contribution in [0.15, 0.2) is 48.5 Å². The molecule has 0 aliphatic carbocycles.